The smallest absolute Gasteiger partial charge is 0.262 e. The van der Waals surface area contributed by atoms with Crippen molar-refractivity contribution in [1.82, 2.24) is 13.9 Å². The van der Waals surface area contributed by atoms with E-state index in [1.807, 2.05) is 11.5 Å². The highest BCUT2D eigenvalue weighted by Crippen LogP contribution is 2.15. The molecule has 1 aromatic heterocycles. The van der Waals surface area contributed by atoms with Gasteiger partial charge < -0.3 is 9.30 Å². The second-order valence-corrected chi connectivity index (χ2v) is 6.68. The minimum absolute atomic E-state index is 0.101. The van der Waals surface area contributed by atoms with Crippen LogP contribution >= 0.6 is 15.9 Å². The fourth-order valence-electron chi connectivity index (χ4n) is 1.70. The molecule has 0 atom stereocenters. The van der Waals surface area contributed by atoms with Crippen molar-refractivity contribution in [2.45, 2.75) is 25.4 Å². The van der Waals surface area contributed by atoms with Crippen LogP contribution in [0.5, 0.6) is 0 Å². The zero-order valence-electron chi connectivity index (χ0n) is 11.5. The zero-order chi connectivity index (χ0) is 14.5. The van der Waals surface area contributed by atoms with E-state index in [0.717, 1.165) is 0 Å². The van der Waals surface area contributed by atoms with Gasteiger partial charge in [0.2, 0.25) is 0 Å². The second-order valence-electron chi connectivity index (χ2n) is 4.00. The van der Waals surface area contributed by atoms with Gasteiger partial charge in [-0.25, -0.2) is 13.4 Å². The molecule has 1 aromatic rings. The van der Waals surface area contributed by atoms with Gasteiger partial charge in [-0.3, -0.25) is 0 Å². The van der Waals surface area contributed by atoms with E-state index in [2.05, 4.69) is 20.9 Å². The number of hydrogen-bond donors (Lipinski definition) is 0. The van der Waals surface area contributed by atoms with E-state index in [1.165, 1.54) is 4.31 Å². The van der Waals surface area contributed by atoms with Gasteiger partial charge in [-0.15, -0.1) is 0 Å². The van der Waals surface area contributed by atoms with E-state index in [-0.39, 0.29) is 5.03 Å². The third kappa shape index (κ3) is 4.01. The predicted octanol–water partition coefficient (Wildman–Crippen LogP) is 1.24. The van der Waals surface area contributed by atoms with E-state index in [9.17, 15) is 8.42 Å². The number of rotatable bonds is 8. The summed E-state index contributed by atoms with van der Waals surface area (Å²) < 4.78 is 33.1. The third-order valence-electron chi connectivity index (χ3n) is 2.78. The summed E-state index contributed by atoms with van der Waals surface area (Å²) in [6, 6.07) is 0. The van der Waals surface area contributed by atoms with Crippen molar-refractivity contribution in [3.8, 4) is 0 Å². The Bertz CT molecular complexity index is 501. The van der Waals surface area contributed by atoms with Gasteiger partial charge in [0.15, 0.2) is 5.03 Å². The quantitative estimate of drug-likeness (QED) is 0.659. The van der Waals surface area contributed by atoms with Crippen LogP contribution in [-0.4, -0.2) is 54.4 Å². The Labute approximate surface area is 122 Å². The average Bonchev–Trinajstić information content (AvgIpc) is 2.76. The Morgan fingerprint density at radius 2 is 2.16 bits per heavy atom. The van der Waals surface area contributed by atoms with Crippen molar-refractivity contribution >= 4 is 26.0 Å². The lowest BCUT2D eigenvalue weighted by Gasteiger charge is -2.19. The number of ether oxygens (including phenoxy) is 1. The molecule has 0 saturated carbocycles. The van der Waals surface area contributed by atoms with Crippen molar-refractivity contribution in [1.29, 1.82) is 0 Å². The standard InChI is InChI=1S/C11H20BrN3O3S/c1-4-14-9-11(13-10(14)2)19(16,17)15(6-5-12)7-8-18-3/h9H,4-8H2,1-3H3. The van der Waals surface area contributed by atoms with Crippen LogP contribution < -0.4 is 0 Å². The number of aryl methyl sites for hydroxylation is 2. The summed E-state index contributed by atoms with van der Waals surface area (Å²) in [4.78, 5) is 4.14. The van der Waals surface area contributed by atoms with Crippen molar-refractivity contribution in [2.24, 2.45) is 0 Å². The van der Waals surface area contributed by atoms with Crippen molar-refractivity contribution < 1.29 is 13.2 Å². The molecule has 0 bridgehead atoms. The summed E-state index contributed by atoms with van der Waals surface area (Å²) in [5.41, 5.74) is 0. The Hall–Kier alpha value is -0.440. The number of alkyl halides is 1. The van der Waals surface area contributed by atoms with Crippen LogP contribution in [0.15, 0.2) is 11.2 Å². The third-order valence-corrected chi connectivity index (χ3v) is 4.90. The Kier molecular flexibility index (Phi) is 6.45. The molecule has 0 aliphatic rings. The van der Waals surface area contributed by atoms with Crippen LogP contribution in [0.3, 0.4) is 0 Å². The summed E-state index contributed by atoms with van der Waals surface area (Å²) in [5, 5.41) is 0.674. The molecule has 0 N–H and O–H groups in total. The van der Waals surface area contributed by atoms with Crippen molar-refractivity contribution in [3.63, 3.8) is 0 Å². The van der Waals surface area contributed by atoms with Gasteiger partial charge in [-0.2, -0.15) is 4.31 Å². The van der Waals surface area contributed by atoms with Gasteiger partial charge in [-0.1, -0.05) is 15.9 Å². The van der Waals surface area contributed by atoms with E-state index in [4.69, 9.17) is 4.74 Å². The lowest BCUT2D eigenvalue weighted by molar-refractivity contribution is 0.180. The maximum absolute atomic E-state index is 12.5. The number of aromatic nitrogens is 2. The van der Waals surface area contributed by atoms with Crippen LogP contribution in [-0.2, 0) is 21.3 Å². The molecule has 0 spiro atoms. The molecule has 0 amide bonds. The summed E-state index contributed by atoms with van der Waals surface area (Å²) in [7, 11) is -2.01. The first kappa shape index (κ1) is 16.6. The van der Waals surface area contributed by atoms with Crippen LogP contribution in [0, 0.1) is 6.92 Å². The Morgan fingerprint density at radius 1 is 1.47 bits per heavy atom. The van der Waals surface area contributed by atoms with Crippen LogP contribution in [0.2, 0.25) is 0 Å². The number of sulfonamides is 1. The molecular weight excluding hydrogens is 334 g/mol. The highest BCUT2D eigenvalue weighted by Gasteiger charge is 2.26. The van der Waals surface area contributed by atoms with Gasteiger partial charge in [0.1, 0.15) is 5.82 Å². The van der Waals surface area contributed by atoms with Gasteiger partial charge in [0.05, 0.1) is 6.61 Å². The molecule has 0 aliphatic heterocycles. The first-order chi connectivity index (χ1) is 8.97. The van der Waals surface area contributed by atoms with Gasteiger partial charge in [-0.05, 0) is 13.8 Å². The Balaban J connectivity index is 3.03. The Morgan fingerprint density at radius 3 is 2.63 bits per heavy atom. The molecule has 19 heavy (non-hydrogen) atoms. The van der Waals surface area contributed by atoms with Gasteiger partial charge in [0, 0.05) is 38.3 Å². The molecule has 0 unspecified atom stereocenters. The maximum atomic E-state index is 12.5. The minimum Gasteiger partial charge on any atom is -0.383 e. The molecule has 0 aliphatic carbocycles. The molecule has 0 fully saturated rings. The first-order valence-electron chi connectivity index (χ1n) is 6.06. The van der Waals surface area contributed by atoms with Crippen LogP contribution in [0.25, 0.3) is 0 Å². The zero-order valence-corrected chi connectivity index (χ0v) is 13.9. The molecular formula is C11H20BrN3O3S. The van der Waals surface area contributed by atoms with E-state index in [1.54, 1.807) is 20.2 Å². The van der Waals surface area contributed by atoms with E-state index < -0.39 is 10.0 Å². The highest BCUT2D eigenvalue weighted by atomic mass is 79.9. The molecule has 1 rings (SSSR count). The van der Waals surface area contributed by atoms with Gasteiger partial charge in [0.25, 0.3) is 10.0 Å². The molecule has 0 saturated heterocycles. The van der Waals surface area contributed by atoms with Gasteiger partial charge >= 0.3 is 0 Å². The monoisotopic (exact) mass is 353 g/mol. The summed E-state index contributed by atoms with van der Waals surface area (Å²) in [6.45, 7) is 5.52. The molecule has 8 heteroatoms. The van der Waals surface area contributed by atoms with Crippen molar-refractivity contribution in [3.05, 3.63) is 12.0 Å². The molecule has 6 nitrogen and oxygen atoms in total. The topological polar surface area (TPSA) is 64.4 Å². The molecule has 0 aromatic carbocycles. The lowest BCUT2D eigenvalue weighted by atomic mass is 10.6. The normalized spacial score (nSPS) is 12.3. The van der Waals surface area contributed by atoms with E-state index in [0.29, 0.717) is 37.4 Å². The first-order valence-corrected chi connectivity index (χ1v) is 8.62. The molecule has 1 heterocycles. The SMILES string of the molecule is CCn1cc(S(=O)(=O)N(CCBr)CCOC)nc1C. The molecule has 0 radical (unpaired) electrons. The lowest BCUT2D eigenvalue weighted by Crippen LogP contribution is -2.35. The summed E-state index contributed by atoms with van der Waals surface area (Å²) in [6.07, 6.45) is 1.58. The number of imidazole rings is 1. The number of hydrogen-bond acceptors (Lipinski definition) is 4. The van der Waals surface area contributed by atoms with Crippen LogP contribution in [0.1, 0.15) is 12.7 Å². The largest absolute Gasteiger partial charge is 0.383 e. The summed E-state index contributed by atoms with van der Waals surface area (Å²) >= 11 is 3.27. The molecule has 110 valence electrons. The predicted molar refractivity (Wildman–Crippen MR) is 77.1 cm³/mol. The highest BCUT2D eigenvalue weighted by molar-refractivity contribution is 9.09. The fourth-order valence-corrected chi connectivity index (χ4v) is 3.78. The number of nitrogens with zero attached hydrogens (tertiary/aromatic N) is 3. The fraction of sp³-hybridized carbons (Fsp3) is 0.727. The van der Waals surface area contributed by atoms with Crippen molar-refractivity contribution in [2.75, 3.05) is 32.1 Å². The number of halogens is 1. The van der Waals surface area contributed by atoms with E-state index >= 15 is 0 Å². The maximum Gasteiger partial charge on any atom is 0.262 e. The average molecular weight is 354 g/mol. The minimum atomic E-state index is -3.56. The number of methoxy groups -OCH3 is 1. The second kappa shape index (κ2) is 7.37. The van der Waals surface area contributed by atoms with Crippen LogP contribution in [0.4, 0.5) is 0 Å². The summed E-state index contributed by atoms with van der Waals surface area (Å²) in [5.74, 6) is 0.701.